The van der Waals surface area contributed by atoms with Gasteiger partial charge in [-0.25, -0.2) is 14.6 Å². The largest absolute Gasteiger partial charge is 0.364 e. The van der Waals surface area contributed by atoms with Gasteiger partial charge in [0.1, 0.15) is 10.8 Å². The number of aromatic nitrogens is 4. The van der Waals surface area contributed by atoms with Gasteiger partial charge in [-0.1, -0.05) is 11.6 Å². The molecule has 2 rings (SSSR count). The third-order valence-corrected chi connectivity index (χ3v) is 1.88. The van der Waals surface area contributed by atoms with Crippen LogP contribution in [0, 0.1) is 0 Å². The second-order valence-electron chi connectivity index (χ2n) is 2.71. The van der Waals surface area contributed by atoms with E-state index in [1.165, 1.54) is 23.1 Å². The van der Waals surface area contributed by atoms with Crippen LogP contribution in [0.15, 0.2) is 24.7 Å². The zero-order valence-electron chi connectivity index (χ0n) is 7.46. The molecule has 2 heterocycles. The van der Waals surface area contributed by atoms with Crippen molar-refractivity contribution in [2.75, 3.05) is 0 Å². The van der Waals surface area contributed by atoms with Crippen molar-refractivity contribution in [3.05, 3.63) is 35.5 Å². The number of nitrogens with two attached hydrogens (primary N) is 1. The Hall–Kier alpha value is -1.95. The lowest BCUT2D eigenvalue weighted by Gasteiger charge is -1.98. The van der Waals surface area contributed by atoms with Gasteiger partial charge in [-0.2, -0.15) is 5.10 Å². The van der Waals surface area contributed by atoms with Crippen LogP contribution in [-0.4, -0.2) is 25.7 Å². The monoisotopic (exact) mass is 223 g/mol. The predicted octanol–water partition coefficient (Wildman–Crippen LogP) is 0.415. The van der Waals surface area contributed by atoms with Crippen LogP contribution in [0.4, 0.5) is 0 Å². The van der Waals surface area contributed by atoms with Gasteiger partial charge in [0.05, 0.1) is 12.4 Å². The fourth-order valence-corrected chi connectivity index (χ4v) is 1.10. The molecule has 0 atom stereocenters. The highest BCUT2D eigenvalue weighted by molar-refractivity contribution is 6.29. The standard InChI is InChI=1S/C8H6ClN5O/c9-6-3-12-7(4-11-6)14-2-1-5(13-14)8(10)15/h1-4H,(H2,10,15). The van der Waals surface area contributed by atoms with E-state index < -0.39 is 5.91 Å². The summed E-state index contributed by atoms with van der Waals surface area (Å²) in [6.07, 6.45) is 4.40. The Morgan fingerprint density at radius 2 is 2.20 bits per heavy atom. The highest BCUT2D eigenvalue weighted by Gasteiger charge is 2.06. The summed E-state index contributed by atoms with van der Waals surface area (Å²) >= 11 is 5.58. The number of rotatable bonds is 2. The average Bonchev–Trinajstić information content (AvgIpc) is 2.68. The van der Waals surface area contributed by atoms with Crippen LogP contribution < -0.4 is 5.73 Å². The van der Waals surface area contributed by atoms with Crippen LogP contribution in [-0.2, 0) is 0 Å². The number of amides is 1. The van der Waals surface area contributed by atoms with Gasteiger partial charge < -0.3 is 5.73 Å². The summed E-state index contributed by atoms with van der Waals surface area (Å²) < 4.78 is 1.39. The van der Waals surface area contributed by atoms with Crippen LogP contribution in [0.3, 0.4) is 0 Å². The molecule has 0 spiro atoms. The Morgan fingerprint density at radius 3 is 2.73 bits per heavy atom. The SMILES string of the molecule is NC(=O)c1ccn(-c2cnc(Cl)cn2)n1. The van der Waals surface area contributed by atoms with Gasteiger partial charge in [0.15, 0.2) is 5.82 Å². The summed E-state index contributed by atoms with van der Waals surface area (Å²) in [6.45, 7) is 0. The molecule has 15 heavy (non-hydrogen) atoms. The van der Waals surface area contributed by atoms with E-state index >= 15 is 0 Å². The topological polar surface area (TPSA) is 86.7 Å². The molecule has 2 aromatic heterocycles. The van der Waals surface area contributed by atoms with E-state index in [0.29, 0.717) is 11.0 Å². The lowest BCUT2D eigenvalue weighted by Crippen LogP contribution is -2.12. The van der Waals surface area contributed by atoms with Crippen molar-refractivity contribution in [1.29, 1.82) is 0 Å². The van der Waals surface area contributed by atoms with Crippen molar-refractivity contribution in [2.45, 2.75) is 0 Å². The Kier molecular flexibility index (Phi) is 2.34. The molecule has 0 radical (unpaired) electrons. The molecular formula is C8H6ClN5O. The second-order valence-corrected chi connectivity index (χ2v) is 3.09. The molecule has 0 unspecified atom stereocenters. The highest BCUT2D eigenvalue weighted by atomic mass is 35.5. The minimum atomic E-state index is -0.587. The van der Waals surface area contributed by atoms with E-state index in [1.54, 1.807) is 6.20 Å². The molecule has 6 nitrogen and oxygen atoms in total. The molecule has 0 aromatic carbocycles. The third-order valence-electron chi connectivity index (χ3n) is 1.68. The molecule has 76 valence electrons. The first kappa shape index (κ1) is 9.60. The molecule has 1 amide bonds. The molecule has 2 aromatic rings. The van der Waals surface area contributed by atoms with Crippen LogP contribution in [0.2, 0.25) is 5.15 Å². The minimum Gasteiger partial charge on any atom is -0.364 e. The maximum atomic E-state index is 10.8. The van der Waals surface area contributed by atoms with E-state index in [-0.39, 0.29) is 5.69 Å². The van der Waals surface area contributed by atoms with E-state index in [0.717, 1.165) is 0 Å². The smallest absolute Gasteiger partial charge is 0.269 e. The van der Waals surface area contributed by atoms with Gasteiger partial charge in [0.25, 0.3) is 5.91 Å². The van der Waals surface area contributed by atoms with Crippen molar-refractivity contribution >= 4 is 17.5 Å². The zero-order valence-corrected chi connectivity index (χ0v) is 8.22. The highest BCUT2D eigenvalue weighted by Crippen LogP contribution is 2.06. The van der Waals surface area contributed by atoms with Crippen LogP contribution in [0.1, 0.15) is 10.5 Å². The summed E-state index contributed by atoms with van der Waals surface area (Å²) in [4.78, 5) is 18.6. The molecule has 0 bridgehead atoms. The number of carbonyl (C=O) groups excluding carboxylic acids is 1. The molecule has 0 aliphatic heterocycles. The summed E-state index contributed by atoms with van der Waals surface area (Å²) in [6, 6.07) is 1.50. The van der Waals surface area contributed by atoms with Gasteiger partial charge in [0, 0.05) is 6.20 Å². The van der Waals surface area contributed by atoms with Crippen molar-refractivity contribution < 1.29 is 4.79 Å². The molecule has 0 aliphatic carbocycles. The van der Waals surface area contributed by atoms with Crippen molar-refractivity contribution in [2.24, 2.45) is 5.73 Å². The Bertz CT molecular complexity index is 492. The van der Waals surface area contributed by atoms with E-state index in [1.807, 2.05) is 0 Å². The van der Waals surface area contributed by atoms with E-state index in [4.69, 9.17) is 17.3 Å². The fraction of sp³-hybridized carbons (Fsp3) is 0. The number of nitrogens with zero attached hydrogens (tertiary/aromatic N) is 4. The van der Waals surface area contributed by atoms with Gasteiger partial charge >= 0.3 is 0 Å². The average molecular weight is 224 g/mol. The Balaban J connectivity index is 2.37. The molecule has 0 aliphatic rings. The number of hydrogen-bond acceptors (Lipinski definition) is 4. The fourth-order valence-electron chi connectivity index (χ4n) is 1.01. The van der Waals surface area contributed by atoms with Crippen molar-refractivity contribution in [1.82, 2.24) is 19.7 Å². The predicted molar refractivity (Wildman–Crippen MR) is 52.7 cm³/mol. The molecule has 7 heteroatoms. The molecule has 0 saturated heterocycles. The Labute approximate surface area is 89.7 Å². The summed E-state index contributed by atoms with van der Waals surface area (Å²) in [5, 5.41) is 4.20. The maximum Gasteiger partial charge on any atom is 0.269 e. The van der Waals surface area contributed by atoms with E-state index in [2.05, 4.69) is 15.1 Å². The van der Waals surface area contributed by atoms with Gasteiger partial charge in [-0.3, -0.25) is 4.79 Å². The molecule has 2 N–H and O–H groups in total. The zero-order chi connectivity index (χ0) is 10.8. The summed E-state index contributed by atoms with van der Waals surface area (Å²) in [7, 11) is 0. The van der Waals surface area contributed by atoms with Gasteiger partial charge in [-0.05, 0) is 6.07 Å². The van der Waals surface area contributed by atoms with Crippen LogP contribution in [0.25, 0.3) is 5.82 Å². The van der Waals surface area contributed by atoms with Crippen molar-refractivity contribution in [3.63, 3.8) is 0 Å². The molecule has 0 fully saturated rings. The van der Waals surface area contributed by atoms with Crippen molar-refractivity contribution in [3.8, 4) is 5.82 Å². The van der Waals surface area contributed by atoms with Crippen LogP contribution >= 0.6 is 11.6 Å². The van der Waals surface area contributed by atoms with Gasteiger partial charge in [-0.15, -0.1) is 0 Å². The minimum absolute atomic E-state index is 0.173. The first-order valence-electron chi connectivity index (χ1n) is 4.00. The molecule has 0 saturated carbocycles. The Morgan fingerprint density at radius 1 is 1.40 bits per heavy atom. The number of carbonyl (C=O) groups is 1. The van der Waals surface area contributed by atoms with Crippen LogP contribution in [0.5, 0.6) is 0 Å². The maximum absolute atomic E-state index is 10.8. The quantitative estimate of drug-likeness (QED) is 0.799. The summed E-state index contributed by atoms with van der Waals surface area (Å²) in [5.74, 6) is -0.123. The summed E-state index contributed by atoms with van der Waals surface area (Å²) in [5.41, 5.74) is 5.23. The molecular weight excluding hydrogens is 218 g/mol. The first-order valence-corrected chi connectivity index (χ1v) is 4.38. The number of primary amides is 1. The lowest BCUT2D eigenvalue weighted by atomic mass is 10.4. The number of halogens is 1. The third kappa shape index (κ3) is 1.94. The number of hydrogen-bond donors (Lipinski definition) is 1. The van der Waals surface area contributed by atoms with Gasteiger partial charge in [0.2, 0.25) is 0 Å². The first-order chi connectivity index (χ1) is 7.16. The lowest BCUT2D eigenvalue weighted by molar-refractivity contribution is 0.0995. The normalized spacial score (nSPS) is 10.2. The van der Waals surface area contributed by atoms with E-state index in [9.17, 15) is 4.79 Å². The second kappa shape index (κ2) is 3.66.